The molecule has 0 spiro atoms. The summed E-state index contributed by atoms with van der Waals surface area (Å²) in [5.41, 5.74) is 3.72. The molecule has 1 aliphatic rings. The fraction of sp³-hybridized carbons (Fsp3) is 0.208. The lowest BCUT2D eigenvalue weighted by Crippen LogP contribution is -2.31. The lowest BCUT2D eigenvalue weighted by Gasteiger charge is -2.22. The molecule has 1 atom stereocenters. The summed E-state index contributed by atoms with van der Waals surface area (Å²) in [4.78, 5) is 4.32. The molecule has 1 aliphatic carbocycles. The second-order valence-electron chi connectivity index (χ2n) is 7.43. The van der Waals surface area contributed by atoms with Crippen LogP contribution in [0.1, 0.15) is 35.8 Å². The van der Waals surface area contributed by atoms with Gasteiger partial charge in [0.05, 0.1) is 6.04 Å². The summed E-state index contributed by atoms with van der Waals surface area (Å²) in [5.74, 6) is 0.938. The number of hydrogen-bond acceptors (Lipinski definition) is 3. The number of hydrogen-bond donors (Lipinski definition) is 1. The van der Waals surface area contributed by atoms with Gasteiger partial charge in [0.25, 0.3) is 0 Å². The molecule has 0 amide bonds. The van der Waals surface area contributed by atoms with Crippen LogP contribution in [0.4, 0.5) is 0 Å². The maximum Gasteiger partial charge on any atom is 0.134 e. The van der Waals surface area contributed by atoms with Crippen LogP contribution in [0.2, 0.25) is 0 Å². The van der Waals surface area contributed by atoms with Crippen molar-refractivity contribution in [2.24, 2.45) is 0 Å². The third-order valence-electron chi connectivity index (χ3n) is 5.63. The second-order valence-corrected chi connectivity index (χ2v) is 7.43. The number of para-hydroxylation sites is 1. The monoisotopic (exact) mass is 354 g/mol. The molecule has 0 radical (unpaired) electrons. The molecule has 5 rings (SSSR count). The van der Waals surface area contributed by atoms with Crippen LogP contribution in [0.15, 0.2) is 89.6 Å². The number of nitrogens with one attached hydrogen (secondary N) is 1. The van der Waals surface area contributed by atoms with Gasteiger partial charge in [-0.2, -0.15) is 0 Å². The summed E-state index contributed by atoms with van der Waals surface area (Å²) in [6.45, 7) is 0.924. The maximum atomic E-state index is 6.19. The van der Waals surface area contributed by atoms with Crippen molar-refractivity contribution in [3.63, 3.8) is 0 Å². The fourth-order valence-corrected chi connectivity index (χ4v) is 3.88. The van der Waals surface area contributed by atoms with E-state index in [1.54, 1.807) is 0 Å². The fourth-order valence-electron chi connectivity index (χ4n) is 3.88. The molecule has 27 heavy (non-hydrogen) atoms. The van der Waals surface area contributed by atoms with Crippen LogP contribution in [-0.2, 0) is 5.41 Å². The Bertz CT molecular complexity index is 1000. The van der Waals surface area contributed by atoms with Gasteiger partial charge < -0.3 is 9.73 Å². The summed E-state index contributed by atoms with van der Waals surface area (Å²) in [7, 11) is 0. The Hall–Kier alpha value is -2.91. The van der Waals surface area contributed by atoms with Crippen molar-refractivity contribution in [2.75, 3.05) is 6.54 Å². The van der Waals surface area contributed by atoms with Gasteiger partial charge in [0.2, 0.25) is 0 Å². The molecule has 2 heterocycles. The molecule has 4 aromatic rings. The van der Waals surface area contributed by atoms with Crippen molar-refractivity contribution >= 4 is 11.0 Å². The van der Waals surface area contributed by atoms with Gasteiger partial charge in [0, 0.05) is 29.7 Å². The normalized spacial score (nSPS) is 16.3. The lowest BCUT2D eigenvalue weighted by atomic mass is 9.95. The van der Waals surface area contributed by atoms with E-state index in [-0.39, 0.29) is 11.5 Å². The number of nitrogens with zero attached hydrogens (tertiary/aromatic N) is 1. The van der Waals surface area contributed by atoms with Crippen LogP contribution in [0.5, 0.6) is 0 Å². The van der Waals surface area contributed by atoms with Gasteiger partial charge in [-0.3, -0.25) is 4.98 Å². The number of rotatable bonds is 6. The SMILES string of the molecule is c1ccc(C2(CN[C@@H](c3cccnc3)c3cc4ccccc4o3)CC2)cc1. The number of benzene rings is 2. The molecular weight excluding hydrogens is 332 g/mol. The molecule has 3 nitrogen and oxygen atoms in total. The minimum Gasteiger partial charge on any atom is -0.459 e. The standard InChI is InChI=1S/C24H22N2O/c1-2-9-20(10-3-1)24(12-13-24)17-26-23(19-8-6-14-25-16-19)22-15-18-7-4-5-11-21(18)27-22/h1-11,14-16,23,26H,12-13,17H2/t23-/m0/s1. The van der Waals surface area contributed by atoms with Crippen molar-refractivity contribution in [3.8, 4) is 0 Å². The van der Waals surface area contributed by atoms with Crippen molar-refractivity contribution < 1.29 is 4.42 Å². The smallest absolute Gasteiger partial charge is 0.134 e. The van der Waals surface area contributed by atoms with E-state index in [1.165, 1.54) is 18.4 Å². The number of fused-ring (bicyclic) bond motifs is 1. The highest BCUT2D eigenvalue weighted by Crippen LogP contribution is 2.48. The van der Waals surface area contributed by atoms with E-state index in [0.29, 0.717) is 0 Å². The molecule has 1 saturated carbocycles. The van der Waals surface area contributed by atoms with E-state index in [4.69, 9.17) is 4.42 Å². The third kappa shape index (κ3) is 3.15. The lowest BCUT2D eigenvalue weighted by molar-refractivity contribution is 0.448. The van der Waals surface area contributed by atoms with E-state index in [9.17, 15) is 0 Å². The van der Waals surface area contributed by atoms with E-state index in [1.807, 2.05) is 36.7 Å². The average molecular weight is 354 g/mol. The van der Waals surface area contributed by atoms with Crippen molar-refractivity contribution in [2.45, 2.75) is 24.3 Å². The third-order valence-corrected chi connectivity index (χ3v) is 5.63. The van der Waals surface area contributed by atoms with Gasteiger partial charge in [-0.25, -0.2) is 0 Å². The zero-order chi connectivity index (χ0) is 18.1. The summed E-state index contributed by atoms with van der Waals surface area (Å²) in [5, 5.41) is 4.91. The predicted octanol–water partition coefficient (Wildman–Crippen LogP) is 5.24. The molecule has 0 bridgehead atoms. The first-order valence-corrected chi connectivity index (χ1v) is 9.51. The molecule has 0 saturated heterocycles. The van der Waals surface area contributed by atoms with Gasteiger partial charge in [-0.15, -0.1) is 0 Å². The number of aromatic nitrogens is 1. The van der Waals surface area contributed by atoms with Crippen LogP contribution < -0.4 is 5.32 Å². The topological polar surface area (TPSA) is 38.1 Å². The molecular formula is C24H22N2O. The molecule has 2 aromatic heterocycles. The van der Waals surface area contributed by atoms with Gasteiger partial charge in [0.1, 0.15) is 11.3 Å². The highest BCUT2D eigenvalue weighted by Gasteiger charge is 2.44. The van der Waals surface area contributed by atoms with E-state index in [2.05, 4.69) is 58.8 Å². The Kier molecular flexibility index (Phi) is 4.02. The average Bonchev–Trinajstić information content (AvgIpc) is 3.40. The van der Waals surface area contributed by atoms with Crippen molar-refractivity contribution in [1.29, 1.82) is 0 Å². The van der Waals surface area contributed by atoms with Gasteiger partial charge in [-0.1, -0.05) is 54.6 Å². The van der Waals surface area contributed by atoms with Gasteiger partial charge >= 0.3 is 0 Å². The molecule has 0 unspecified atom stereocenters. The highest BCUT2D eigenvalue weighted by molar-refractivity contribution is 5.78. The quantitative estimate of drug-likeness (QED) is 0.515. The summed E-state index contributed by atoms with van der Waals surface area (Å²) in [6, 6.07) is 25.2. The first kappa shape index (κ1) is 16.3. The van der Waals surface area contributed by atoms with E-state index < -0.39 is 0 Å². The summed E-state index contributed by atoms with van der Waals surface area (Å²) >= 11 is 0. The zero-order valence-electron chi connectivity index (χ0n) is 15.1. The minimum atomic E-state index is -0.00714. The zero-order valence-corrected chi connectivity index (χ0v) is 15.1. The first-order chi connectivity index (χ1) is 13.3. The Morgan fingerprint density at radius 3 is 2.52 bits per heavy atom. The van der Waals surface area contributed by atoms with Crippen molar-refractivity contribution in [3.05, 3.63) is 102 Å². The Morgan fingerprint density at radius 2 is 1.78 bits per heavy atom. The molecule has 0 aliphatic heterocycles. The minimum absolute atomic E-state index is 0.00714. The summed E-state index contributed by atoms with van der Waals surface area (Å²) < 4.78 is 6.19. The number of pyridine rings is 1. The maximum absolute atomic E-state index is 6.19. The van der Waals surface area contributed by atoms with Crippen LogP contribution in [0.25, 0.3) is 11.0 Å². The van der Waals surface area contributed by atoms with Crippen LogP contribution in [0, 0.1) is 0 Å². The molecule has 3 heteroatoms. The second kappa shape index (κ2) is 6.67. The molecule has 1 fully saturated rings. The van der Waals surface area contributed by atoms with Crippen molar-refractivity contribution in [1.82, 2.24) is 10.3 Å². The Morgan fingerprint density at radius 1 is 0.963 bits per heavy atom. The van der Waals surface area contributed by atoms with E-state index >= 15 is 0 Å². The van der Waals surface area contributed by atoms with Crippen LogP contribution in [0.3, 0.4) is 0 Å². The molecule has 134 valence electrons. The predicted molar refractivity (Wildman–Crippen MR) is 108 cm³/mol. The van der Waals surface area contributed by atoms with E-state index in [0.717, 1.165) is 28.8 Å². The van der Waals surface area contributed by atoms with Crippen LogP contribution in [-0.4, -0.2) is 11.5 Å². The van der Waals surface area contributed by atoms with Gasteiger partial charge in [-0.05, 0) is 42.2 Å². The molecule has 1 N–H and O–H groups in total. The largest absolute Gasteiger partial charge is 0.459 e. The Balaban J connectivity index is 1.46. The number of furan rings is 1. The Labute approximate surface area is 159 Å². The van der Waals surface area contributed by atoms with Crippen LogP contribution >= 0.6 is 0 Å². The highest BCUT2D eigenvalue weighted by atomic mass is 16.3. The molecule has 2 aromatic carbocycles. The summed E-state index contributed by atoms with van der Waals surface area (Å²) in [6.07, 6.45) is 6.19. The van der Waals surface area contributed by atoms with Gasteiger partial charge in [0.15, 0.2) is 0 Å². The first-order valence-electron chi connectivity index (χ1n) is 9.51.